The molecule has 0 bridgehead atoms. The zero-order valence-corrected chi connectivity index (χ0v) is 13.5. The van der Waals surface area contributed by atoms with Gasteiger partial charge < -0.3 is 10.1 Å². The minimum Gasteiger partial charge on any atom is -0.481 e. The van der Waals surface area contributed by atoms with Crippen molar-refractivity contribution in [2.24, 2.45) is 0 Å². The fourth-order valence-corrected chi connectivity index (χ4v) is 3.23. The highest BCUT2D eigenvalue weighted by Gasteiger charge is 2.28. The number of ether oxygens (including phenoxy) is 1. The quantitative estimate of drug-likeness (QED) is 0.793. The lowest BCUT2D eigenvalue weighted by molar-refractivity contribution is 0.176. The van der Waals surface area contributed by atoms with Crippen molar-refractivity contribution < 1.29 is 4.74 Å². The fraction of sp³-hybridized carbons (Fsp3) is 0.294. The number of anilines is 1. The number of fused-ring (bicyclic) bond motifs is 1. The second kappa shape index (κ2) is 5.13. The summed E-state index contributed by atoms with van der Waals surface area (Å²) < 4.78 is 7.37. The number of hydrogen-bond donors (Lipinski definition) is 1. The number of rotatable bonds is 1. The Hall–Kier alpha value is -1.48. The third-order valence-corrected chi connectivity index (χ3v) is 4.17. The van der Waals surface area contributed by atoms with Crippen LogP contribution in [0, 0.1) is 13.8 Å². The molecule has 2 nitrogen and oxygen atoms in total. The maximum absolute atomic E-state index is 6.29. The normalized spacial score (nSPS) is 20.8. The van der Waals surface area contributed by atoms with Gasteiger partial charge in [0.15, 0.2) is 0 Å². The summed E-state index contributed by atoms with van der Waals surface area (Å²) in [6.45, 7) is 6.37. The largest absolute Gasteiger partial charge is 0.481 e. The van der Waals surface area contributed by atoms with Gasteiger partial charge in [0.2, 0.25) is 0 Å². The molecule has 0 saturated carbocycles. The van der Waals surface area contributed by atoms with Crippen LogP contribution >= 0.6 is 15.9 Å². The molecule has 1 N–H and O–H groups in total. The molecule has 3 rings (SSSR count). The van der Waals surface area contributed by atoms with E-state index in [0.717, 1.165) is 15.9 Å². The summed E-state index contributed by atoms with van der Waals surface area (Å²) in [5.41, 5.74) is 4.72. The smallest absolute Gasteiger partial charge is 0.146 e. The van der Waals surface area contributed by atoms with Gasteiger partial charge in [0.05, 0.1) is 11.7 Å². The first-order chi connectivity index (χ1) is 9.54. The number of hydrogen-bond acceptors (Lipinski definition) is 2. The standard InChI is InChI=1S/C17H18BrNO/c1-10-7-11(2)16-15(8-10)19-12(3)17(20-16)13-5-4-6-14(18)9-13/h4-9,12,17,19H,1-3H3. The highest BCUT2D eigenvalue weighted by atomic mass is 79.9. The molecule has 0 aliphatic carbocycles. The molecule has 0 saturated heterocycles. The first-order valence-corrected chi connectivity index (χ1v) is 7.64. The maximum atomic E-state index is 6.29. The van der Waals surface area contributed by atoms with E-state index in [-0.39, 0.29) is 12.1 Å². The number of benzene rings is 2. The molecule has 0 fully saturated rings. The SMILES string of the molecule is Cc1cc(C)c2c(c1)NC(C)C(c1cccc(Br)c1)O2. The molecular weight excluding hydrogens is 314 g/mol. The lowest BCUT2D eigenvalue weighted by Crippen LogP contribution is -2.33. The molecule has 0 spiro atoms. The molecule has 104 valence electrons. The van der Waals surface area contributed by atoms with Crippen molar-refractivity contribution in [3.8, 4) is 5.75 Å². The van der Waals surface area contributed by atoms with Gasteiger partial charge in [0.1, 0.15) is 11.9 Å². The molecule has 2 unspecified atom stereocenters. The molecule has 2 atom stereocenters. The van der Waals surface area contributed by atoms with Crippen molar-refractivity contribution in [2.75, 3.05) is 5.32 Å². The predicted octanol–water partition coefficient (Wildman–Crippen LogP) is 5.00. The predicted molar refractivity (Wildman–Crippen MR) is 86.5 cm³/mol. The van der Waals surface area contributed by atoms with E-state index >= 15 is 0 Å². The van der Waals surface area contributed by atoms with Gasteiger partial charge in [-0.05, 0) is 55.7 Å². The van der Waals surface area contributed by atoms with Gasteiger partial charge in [-0.3, -0.25) is 0 Å². The Bertz CT molecular complexity index is 653. The van der Waals surface area contributed by atoms with Gasteiger partial charge in [-0.25, -0.2) is 0 Å². The average Bonchev–Trinajstić information content (AvgIpc) is 2.37. The van der Waals surface area contributed by atoms with Crippen LogP contribution in [-0.2, 0) is 0 Å². The van der Waals surface area contributed by atoms with E-state index in [9.17, 15) is 0 Å². The van der Waals surface area contributed by atoms with E-state index in [2.05, 4.69) is 66.3 Å². The second-order valence-electron chi connectivity index (χ2n) is 5.48. The van der Waals surface area contributed by atoms with Crippen LogP contribution in [0.15, 0.2) is 40.9 Å². The molecule has 3 heteroatoms. The summed E-state index contributed by atoms with van der Waals surface area (Å²) in [5.74, 6) is 0.971. The molecule has 0 aromatic heterocycles. The number of nitrogens with one attached hydrogen (secondary N) is 1. The average molecular weight is 332 g/mol. The molecular formula is C17H18BrNO. The second-order valence-corrected chi connectivity index (χ2v) is 6.40. The molecule has 20 heavy (non-hydrogen) atoms. The summed E-state index contributed by atoms with van der Waals surface area (Å²) in [7, 11) is 0. The Labute approximate surface area is 128 Å². The molecule has 0 amide bonds. The van der Waals surface area contributed by atoms with Crippen LogP contribution < -0.4 is 10.1 Å². The van der Waals surface area contributed by atoms with E-state index < -0.39 is 0 Å². The Morgan fingerprint density at radius 1 is 1.15 bits per heavy atom. The Morgan fingerprint density at radius 2 is 1.95 bits per heavy atom. The van der Waals surface area contributed by atoms with Gasteiger partial charge in [-0.15, -0.1) is 0 Å². The van der Waals surface area contributed by atoms with Crippen molar-refractivity contribution >= 4 is 21.6 Å². The Morgan fingerprint density at radius 3 is 2.70 bits per heavy atom. The highest BCUT2D eigenvalue weighted by Crippen LogP contribution is 2.40. The minimum atomic E-state index is 0.0291. The first kappa shape index (κ1) is 13.5. The van der Waals surface area contributed by atoms with Gasteiger partial charge in [-0.2, -0.15) is 0 Å². The first-order valence-electron chi connectivity index (χ1n) is 6.84. The van der Waals surface area contributed by atoms with Crippen molar-refractivity contribution in [1.82, 2.24) is 0 Å². The summed E-state index contributed by atoms with van der Waals surface area (Å²) in [5, 5.41) is 3.57. The lowest BCUT2D eigenvalue weighted by Gasteiger charge is -2.34. The van der Waals surface area contributed by atoms with E-state index in [1.807, 2.05) is 12.1 Å². The van der Waals surface area contributed by atoms with Gasteiger partial charge in [-0.1, -0.05) is 34.1 Å². The zero-order valence-electron chi connectivity index (χ0n) is 11.9. The minimum absolute atomic E-state index is 0.0291. The molecule has 1 heterocycles. The van der Waals surface area contributed by atoms with Crippen LogP contribution in [-0.4, -0.2) is 6.04 Å². The van der Waals surface area contributed by atoms with Gasteiger partial charge in [0.25, 0.3) is 0 Å². The Kier molecular flexibility index (Phi) is 3.47. The van der Waals surface area contributed by atoms with Gasteiger partial charge in [0, 0.05) is 4.47 Å². The van der Waals surface area contributed by atoms with Gasteiger partial charge >= 0.3 is 0 Å². The monoisotopic (exact) mass is 331 g/mol. The highest BCUT2D eigenvalue weighted by molar-refractivity contribution is 9.10. The fourth-order valence-electron chi connectivity index (χ4n) is 2.81. The third-order valence-electron chi connectivity index (χ3n) is 3.68. The van der Waals surface area contributed by atoms with Crippen LogP contribution in [0.3, 0.4) is 0 Å². The van der Waals surface area contributed by atoms with Crippen LogP contribution in [0.25, 0.3) is 0 Å². The van der Waals surface area contributed by atoms with E-state index in [1.54, 1.807) is 0 Å². The maximum Gasteiger partial charge on any atom is 0.146 e. The van der Waals surface area contributed by atoms with Crippen molar-refractivity contribution in [1.29, 1.82) is 0 Å². The molecule has 0 radical (unpaired) electrons. The number of aryl methyl sites for hydroxylation is 2. The van der Waals surface area contributed by atoms with Crippen molar-refractivity contribution in [3.63, 3.8) is 0 Å². The van der Waals surface area contributed by atoms with Crippen molar-refractivity contribution in [3.05, 3.63) is 57.6 Å². The molecule has 1 aliphatic rings. The third kappa shape index (κ3) is 2.42. The van der Waals surface area contributed by atoms with E-state index in [1.165, 1.54) is 16.7 Å². The Balaban J connectivity index is 2.00. The van der Waals surface area contributed by atoms with E-state index in [0.29, 0.717) is 0 Å². The molecule has 2 aromatic carbocycles. The topological polar surface area (TPSA) is 21.3 Å². The van der Waals surface area contributed by atoms with Crippen molar-refractivity contribution in [2.45, 2.75) is 32.9 Å². The van der Waals surface area contributed by atoms with Crippen LogP contribution in [0.2, 0.25) is 0 Å². The summed E-state index contributed by atoms with van der Waals surface area (Å²) >= 11 is 3.53. The molecule has 2 aromatic rings. The van der Waals surface area contributed by atoms with Crippen LogP contribution in [0.4, 0.5) is 5.69 Å². The summed E-state index contributed by atoms with van der Waals surface area (Å²) in [6, 6.07) is 12.9. The zero-order chi connectivity index (χ0) is 14.3. The van der Waals surface area contributed by atoms with E-state index in [4.69, 9.17) is 4.74 Å². The van der Waals surface area contributed by atoms with Crippen LogP contribution in [0.5, 0.6) is 5.75 Å². The van der Waals surface area contributed by atoms with Crippen LogP contribution in [0.1, 0.15) is 29.7 Å². The summed E-state index contributed by atoms with van der Waals surface area (Å²) in [6.07, 6.45) is 0.0291. The molecule has 1 aliphatic heterocycles. The summed E-state index contributed by atoms with van der Waals surface area (Å²) in [4.78, 5) is 0. The lowest BCUT2D eigenvalue weighted by atomic mass is 9.99. The number of halogens is 1.